The fourth-order valence-corrected chi connectivity index (χ4v) is 5.92. The van der Waals surface area contributed by atoms with Crippen molar-refractivity contribution < 1.29 is 37.0 Å². The lowest BCUT2D eigenvalue weighted by Gasteiger charge is -2.24. The normalized spacial score (nSPS) is 15.3. The van der Waals surface area contributed by atoms with Gasteiger partial charge in [0, 0.05) is 23.2 Å². The number of aromatic nitrogens is 3. The van der Waals surface area contributed by atoms with Crippen LogP contribution in [0.5, 0.6) is 11.7 Å². The van der Waals surface area contributed by atoms with E-state index < -0.39 is 29.5 Å². The molecule has 1 aliphatic carbocycles. The molecule has 1 unspecified atom stereocenters. The number of pyridine rings is 1. The molecule has 1 atom stereocenters. The molecule has 39 heavy (non-hydrogen) atoms. The van der Waals surface area contributed by atoms with E-state index in [1.807, 2.05) is 24.3 Å². The second-order valence-electron chi connectivity index (χ2n) is 9.13. The summed E-state index contributed by atoms with van der Waals surface area (Å²) >= 11 is 1.07. The smallest absolute Gasteiger partial charge is 0.539 e. The van der Waals surface area contributed by atoms with Crippen LogP contribution >= 0.6 is 11.3 Å². The Morgan fingerprint density at radius 3 is 2.62 bits per heavy atom. The average Bonchev–Trinajstić information content (AvgIpc) is 3.46. The maximum absolute atomic E-state index is 13.5. The fourth-order valence-electron chi connectivity index (χ4n) is 4.88. The molecule has 5 aromatic rings. The number of halogens is 3. The van der Waals surface area contributed by atoms with Gasteiger partial charge in [-0.25, -0.2) is 4.98 Å². The largest absolute Gasteiger partial charge is 0.573 e. The van der Waals surface area contributed by atoms with Gasteiger partial charge in [-0.15, -0.1) is 24.5 Å². The Morgan fingerprint density at radius 2 is 1.90 bits per heavy atom. The topological polar surface area (TPSA) is 118 Å². The molecule has 6 rings (SSSR count). The van der Waals surface area contributed by atoms with Crippen LogP contribution in [0, 0.1) is 0 Å². The molecule has 2 N–H and O–H groups in total. The van der Waals surface area contributed by atoms with Crippen LogP contribution in [-0.2, 0) is 12.8 Å². The number of benzene rings is 2. The van der Waals surface area contributed by atoms with Crippen molar-refractivity contribution in [2.75, 3.05) is 5.73 Å². The molecule has 3 aromatic heterocycles. The fraction of sp³-hybridized carbons (Fsp3) is 0.185. The van der Waals surface area contributed by atoms with E-state index in [0.717, 1.165) is 58.7 Å². The number of anilines is 1. The van der Waals surface area contributed by atoms with Crippen molar-refractivity contribution in [3.05, 3.63) is 88.1 Å². The summed E-state index contributed by atoms with van der Waals surface area (Å²) in [6.45, 7) is 0. The number of hydrogen-bond acceptors (Lipinski definition) is 8. The van der Waals surface area contributed by atoms with Crippen LogP contribution in [0.3, 0.4) is 0 Å². The molecule has 0 bridgehead atoms. The minimum atomic E-state index is -4.86. The quantitative estimate of drug-likeness (QED) is 0.250. The highest BCUT2D eigenvalue weighted by Gasteiger charge is 2.34. The van der Waals surface area contributed by atoms with Crippen molar-refractivity contribution in [3.8, 4) is 17.4 Å². The zero-order valence-electron chi connectivity index (χ0n) is 20.1. The Kier molecular flexibility index (Phi) is 5.98. The zero-order chi connectivity index (χ0) is 27.3. The van der Waals surface area contributed by atoms with E-state index in [9.17, 15) is 23.1 Å². The Labute approximate surface area is 223 Å². The summed E-state index contributed by atoms with van der Waals surface area (Å²) in [6, 6.07) is 16.7. The zero-order valence-corrected chi connectivity index (χ0v) is 20.9. The van der Waals surface area contributed by atoms with Gasteiger partial charge in [0.2, 0.25) is 5.69 Å². The summed E-state index contributed by atoms with van der Waals surface area (Å²) in [5.41, 5.74) is 9.57. The van der Waals surface area contributed by atoms with Gasteiger partial charge in [0.1, 0.15) is 15.5 Å². The van der Waals surface area contributed by atoms with Gasteiger partial charge >= 0.3 is 12.1 Å². The van der Waals surface area contributed by atoms with Crippen molar-refractivity contribution in [3.63, 3.8) is 0 Å². The molecule has 3 heterocycles. The van der Waals surface area contributed by atoms with Gasteiger partial charge in [0.05, 0.1) is 11.0 Å². The highest BCUT2D eigenvalue weighted by Crippen LogP contribution is 2.39. The molecule has 198 valence electrons. The molecule has 0 saturated carbocycles. The number of ether oxygens (including phenoxy) is 1. The maximum atomic E-state index is 13.5. The monoisotopic (exact) mass is 552 g/mol. The number of alkyl halides is 3. The third kappa shape index (κ3) is 4.67. The van der Waals surface area contributed by atoms with Crippen molar-refractivity contribution in [2.45, 2.75) is 31.5 Å². The van der Waals surface area contributed by atoms with Gasteiger partial charge in [-0.05, 0) is 59.2 Å². The van der Waals surface area contributed by atoms with Crippen LogP contribution < -0.4 is 20.3 Å². The number of carbonyl (C=O) groups excluding carboxylic acids is 1. The van der Waals surface area contributed by atoms with Crippen LogP contribution in [-0.4, -0.2) is 22.4 Å². The highest BCUT2D eigenvalue weighted by molar-refractivity contribution is 7.21. The van der Waals surface area contributed by atoms with E-state index in [0.29, 0.717) is 16.1 Å². The standard InChI is InChI=1S/C27H19F3N4O4S/c28-27(29,30)37-18-9-7-17(8-10-18)34-22(26(36)38-33-34)23(35)24-21(31)19-13-16-12-15(14-4-2-1-3-5-14)6-11-20(16)32-25(19)39-24/h1-5,7-10,13,15H,6,11-12H2,(H2-,31,33,35,36). The SMILES string of the molecule is Nc1c(C(=O)c2c([O-])on[n+]2-c2ccc(OC(F)(F)F)cc2)sc2nc3c(cc12)CC(c1ccccc1)CC3. The molecular formula is C27H19F3N4O4S. The number of ketones is 1. The number of nitrogen functional groups attached to an aromatic ring is 1. The van der Waals surface area contributed by atoms with Crippen molar-refractivity contribution in [2.24, 2.45) is 0 Å². The molecule has 2 aromatic carbocycles. The van der Waals surface area contributed by atoms with E-state index in [-0.39, 0.29) is 16.3 Å². The number of aryl methyl sites for hydroxylation is 1. The highest BCUT2D eigenvalue weighted by atomic mass is 32.1. The molecule has 1 aliphatic rings. The molecule has 0 fully saturated rings. The van der Waals surface area contributed by atoms with Crippen molar-refractivity contribution in [1.29, 1.82) is 0 Å². The number of fused-ring (bicyclic) bond motifs is 2. The first-order chi connectivity index (χ1) is 18.7. The summed E-state index contributed by atoms with van der Waals surface area (Å²) in [6.07, 6.45) is -2.32. The first-order valence-electron chi connectivity index (χ1n) is 11.9. The predicted octanol–water partition coefficient (Wildman–Crippen LogP) is 4.62. The number of carbonyl (C=O) groups is 1. The summed E-state index contributed by atoms with van der Waals surface area (Å²) < 4.78 is 47.0. The van der Waals surface area contributed by atoms with Gasteiger partial charge in [-0.1, -0.05) is 30.3 Å². The van der Waals surface area contributed by atoms with Crippen LogP contribution in [0.4, 0.5) is 18.9 Å². The van der Waals surface area contributed by atoms with Crippen molar-refractivity contribution in [1.82, 2.24) is 10.3 Å². The number of nitrogens with zero attached hydrogens (tertiary/aromatic N) is 3. The summed E-state index contributed by atoms with van der Waals surface area (Å²) in [4.78, 5) is 19.0. The minimum Gasteiger partial charge on any atom is -0.539 e. The molecule has 0 saturated heterocycles. The van der Waals surface area contributed by atoms with Crippen LogP contribution in [0.1, 0.15) is 44.5 Å². The summed E-state index contributed by atoms with van der Waals surface area (Å²) in [5.74, 6) is -1.85. The van der Waals surface area contributed by atoms with Crippen LogP contribution in [0.15, 0.2) is 65.2 Å². The molecule has 0 amide bonds. The number of rotatable bonds is 5. The van der Waals surface area contributed by atoms with Crippen LogP contribution in [0.2, 0.25) is 0 Å². The van der Waals surface area contributed by atoms with Crippen LogP contribution in [0.25, 0.3) is 15.9 Å². The van der Waals surface area contributed by atoms with Crippen molar-refractivity contribution >= 4 is 33.0 Å². The van der Waals surface area contributed by atoms with E-state index >= 15 is 0 Å². The number of nitrogens with two attached hydrogens (primary N) is 1. The van der Waals surface area contributed by atoms with E-state index in [2.05, 4.69) is 22.1 Å². The Morgan fingerprint density at radius 1 is 1.15 bits per heavy atom. The molecule has 12 heteroatoms. The van der Waals surface area contributed by atoms with Gasteiger partial charge in [-0.3, -0.25) is 4.79 Å². The third-order valence-corrected chi connectivity index (χ3v) is 7.82. The molecular weight excluding hydrogens is 533 g/mol. The van der Waals surface area contributed by atoms with Gasteiger partial charge < -0.3 is 20.1 Å². The molecule has 0 aliphatic heterocycles. The molecule has 8 nitrogen and oxygen atoms in total. The van der Waals surface area contributed by atoms with E-state index in [4.69, 9.17) is 15.2 Å². The summed E-state index contributed by atoms with van der Waals surface area (Å²) in [7, 11) is 0. The first-order valence-corrected chi connectivity index (χ1v) is 12.7. The first kappa shape index (κ1) is 24.9. The summed E-state index contributed by atoms with van der Waals surface area (Å²) in [5, 5.41) is 16.7. The lowest BCUT2D eigenvalue weighted by molar-refractivity contribution is -0.672. The Bertz CT molecular complexity index is 1700. The second-order valence-corrected chi connectivity index (χ2v) is 10.1. The molecule has 0 spiro atoms. The number of thiophene rings is 1. The van der Waals surface area contributed by atoms with E-state index in [1.54, 1.807) is 0 Å². The lowest BCUT2D eigenvalue weighted by atomic mass is 9.82. The minimum absolute atomic E-state index is 0.102. The average molecular weight is 553 g/mol. The van der Waals surface area contributed by atoms with Gasteiger partial charge in [0.15, 0.2) is 5.95 Å². The van der Waals surface area contributed by atoms with E-state index in [1.165, 1.54) is 17.7 Å². The lowest BCUT2D eigenvalue weighted by Crippen LogP contribution is -2.39. The predicted molar refractivity (Wildman–Crippen MR) is 133 cm³/mol. The number of hydrogen-bond donors (Lipinski definition) is 1. The second kappa shape index (κ2) is 9.38. The maximum Gasteiger partial charge on any atom is 0.573 e. The Hall–Kier alpha value is -4.45. The molecule has 0 radical (unpaired) electrons. The Balaban J connectivity index is 1.33. The third-order valence-electron chi connectivity index (χ3n) is 6.70. The van der Waals surface area contributed by atoms with Gasteiger partial charge in [0.25, 0.3) is 5.78 Å². The van der Waals surface area contributed by atoms with Gasteiger partial charge in [-0.2, -0.15) is 0 Å².